The standard InChI is InChI=1S/C15H21N3O4S2/c1-22-13-4-2-11(3-5-13)9-16-15(23)18-17-14(19)8-12-6-7-24(20,21)10-12/h2-5,12H,6-10H2,1H3,(H,17,19)(H2,16,18,23)/t12-/m0/s1. The van der Waals surface area contributed by atoms with Gasteiger partial charge in [0.25, 0.3) is 0 Å². The van der Waals surface area contributed by atoms with E-state index in [9.17, 15) is 13.2 Å². The van der Waals surface area contributed by atoms with Crippen LogP contribution in [0.25, 0.3) is 0 Å². The highest BCUT2D eigenvalue weighted by Crippen LogP contribution is 2.21. The first kappa shape index (κ1) is 18.5. The first-order valence-corrected chi connectivity index (χ1v) is 9.77. The van der Waals surface area contributed by atoms with Crippen LogP contribution in [0.5, 0.6) is 5.75 Å². The number of methoxy groups -OCH3 is 1. The number of sulfone groups is 1. The van der Waals surface area contributed by atoms with Crippen molar-refractivity contribution < 1.29 is 17.9 Å². The fourth-order valence-electron chi connectivity index (χ4n) is 2.44. The minimum atomic E-state index is -2.96. The molecule has 7 nitrogen and oxygen atoms in total. The molecular formula is C15H21N3O4S2. The lowest BCUT2D eigenvalue weighted by Crippen LogP contribution is -2.46. The molecule has 0 spiro atoms. The molecule has 0 unspecified atom stereocenters. The number of nitrogens with one attached hydrogen (secondary N) is 3. The summed E-state index contributed by atoms with van der Waals surface area (Å²) in [5, 5.41) is 3.26. The van der Waals surface area contributed by atoms with E-state index in [-0.39, 0.29) is 29.8 Å². The molecule has 1 saturated heterocycles. The molecule has 132 valence electrons. The van der Waals surface area contributed by atoms with Crippen LogP contribution in [0, 0.1) is 5.92 Å². The number of benzene rings is 1. The highest BCUT2D eigenvalue weighted by Gasteiger charge is 2.29. The third-order valence-electron chi connectivity index (χ3n) is 3.73. The topological polar surface area (TPSA) is 96.5 Å². The van der Waals surface area contributed by atoms with Crippen LogP contribution in [0.2, 0.25) is 0 Å². The van der Waals surface area contributed by atoms with Crippen molar-refractivity contribution >= 4 is 33.1 Å². The van der Waals surface area contributed by atoms with Gasteiger partial charge in [-0.3, -0.25) is 15.6 Å². The van der Waals surface area contributed by atoms with Gasteiger partial charge < -0.3 is 10.1 Å². The summed E-state index contributed by atoms with van der Waals surface area (Å²) >= 11 is 5.08. The maximum Gasteiger partial charge on any atom is 0.238 e. The minimum Gasteiger partial charge on any atom is -0.497 e. The molecule has 1 fully saturated rings. The lowest BCUT2D eigenvalue weighted by atomic mass is 10.1. The van der Waals surface area contributed by atoms with Crippen molar-refractivity contribution in [3.05, 3.63) is 29.8 Å². The first-order chi connectivity index (χ1) is 11.4. The molecule has 0 aromatic heterocycles. The van der Waals surface area contributed by atoms with Crippen molar-refractivity contribution in [1.82, 2.24) is 16.2 Å². The minimum absolute atomic E-state index is 0.0839. The van der Waals surface area contributed by atoms with E-state index in [4.69, 9.17) is 17.0 Å². The molecular weight excluding hydrogens is 350 g/mol. The van der Waals surface area contributed by atoms with Crippen LogP contribution in [0.15, 0.2) is 24.3 Å². The molecule has 1 aromatic carbocycles. The molecule has 0 saturated carbocycles. The van der Waals surface area contributed by atoms with Crippen LogP contribution in [0.1, 0.15) is 18.4 Å². The lowest BCUT2D eigenvalue weighted by Gasteiger charge is -2.13. The van der Waals surface area contributed by atoms with E-state index in [1.54, 1.807) is 7.11 Å². The molecule has 9 heteroatoms. The molecule has 0 bridgehead atoms. The first-order valence-electron chi connectivity index (χ1n) is 7.54. The van der Waals surface area contributed by atoms with Gasteiger partial charge in [0.05, 0.1) is 18.6 Å². The Morgan fingerprint density at radius 1 is 1.29 bits per heavy atom. The van der Waals surface area contributed by atoms with Crippen molar-refractivity contribution in [2.45, 2.75) is 19.4 Å². The van der Waals surface area contributed by atoms with Gasteiger partial charge in [0, 0.05) is 13.0 Å². The average molecular weight is 371 g/mol. The number of ether oxygens (including phenoxy) is 1. The molecule has 1 aliphatic rings. The van der Waals surface area contributed by atoms with Crippen molar-refractivity contribution in [3.8, 4) is 5.75 Å². The zero-order valence-corrected chi connectivity index (χ0v) is 15.0. The Labute approximate surface area is 147 Å². The number of hydrazine groups is 1. The smallest absolute Gasteiger partial charge is 0.238 e. The summed E-state index contributed by atoms with van der Waals surface area (Å²) < 4.78 is 27.8. The van der Waals surface area contributed by atoms with Crippen molar-refractivity contribution in [3.63, 3.8) is 0 Å². The van der Waals surface area contributed by atoms with E-state index in [1.165, 1.54) is 0 Å². The Hall–Kier alpha value is -1.87. The summed E-state index contributed by atoms with van der Waals surface area (Å²) in [7, 11) is -1.36. The summed E-state index contributed by atoms with van der Waals surface area (Å²) in [4.78, 5) is 11.8. The Morgan fingerprint density at radius 3 is 2.58 bits per heavy atom. The van der Waals surface area contributed by atoms with Crippen LogP contribution < -0.4 is 20.9 Å². The van der Waals surface area contributed by atoms with Gasteiger partial charge >= 0.3 is 0 Å². The predicted octanol–water partition coefficient (Wildman–Crippen LogP) is 0.515. The third-order valence-corrected chi connectivity index (χ3v) is 5.81. The second kappa shape index (κ2) is 8.29. The van der Waals surface area contributed by atoms with E-state index in [2.05, 4.69) is 16.2 Å². The number of thiocarbonyl (C=S) groups is 1. The number of hydrogen-bond acceptors (Lipinski definition) is 5. The number of rotatable bonds is 5. The third kappa shape index (κ3) is 5.97. The van der Waals surface area contributed by atoms with Crippen molar-refractivity contribution in [2.75, 3.05) is 18.6 Å². The number of amides is 1. The molecule has 1 aromatic rings. The molecule has 1 aliphatic heterocycles. The summed E-state index contributed by atoms with van der Waals surface area (Å²) in [6.07, 6.45) is 0.712. The molecule has 24 heavy (non-hydrogen) atoms. The van der Waals surface area contributed by atoms with Gasteiger partial charge in [-0.1, -0.05) is 12.1 Å². The molecule has 2 rings (SSSR count). The van der Waals surface area contributed by atoms with Gasteiger partial charge in [-0.05, 0) is 42.3 Å². The van der Waals surface area contributed by atoms with Crippen LogP contribution in [-0.4, -0.2) is 38.1 Å². The zero-order chi connectivity index (χ0) is 17.6. The maximum absolute atomic E-state index is 11.8. The van der Waals surface area contributed by atoms with Gasteiger partial charge in [0.1, 0.15) is 5.75 Å². The molecule has 0 aliphatic carbocycles. The summed E-state index contributed by atoms with van der Waals surface area (Å²) in [6, 6.07) is 7.52. The van der Waals surface area contributed by atoms with Gasteiger partial charge in [-0.15, -0.1) is 0 Å². The Bertz CT molecular complexity index is 689. The van der Waals surface area contributed by atoms with Gasteiger partial charge in [0.15, 0.2) is 14.9 Å². The fraction of sp³-hybridized carbons (Fsp3) is 0.467. The molecule has 1 amide bonds. The summed E-state index contributed by atoms with van der Waals surface area (Å²) in [5.41, 5.74) is 6.12. The maximum atomic E-state index is 11.8. The SMILES string of the molecule is COc1ccc(CNC(=S)NNC(=O)C[C@@H]2CCS(=O)(=O)C2)cc1. The van der Waals surface area contributed by atoms with Crippen LogP contribution in [0.3, 0.4) is 0 Å². The number of carbonyl (C=O) groups is 1. The van der Waals surface area contributed by atoms with Crippen LogP contribution in [0.4, 0.5) is 0 Å². The highest BCUT2D eigenvalue weighted by atomic mass is 32.2. The predicted molar refractivity (Wildman–Crippen MR) is 95.1 cm³/mol. The number of hydrogen-bond donors (Lipinski definition) is 3. The van der Waals surface area contributed by atoms with E-state index in [1.807, 2.05) is 24.3 Å². The van der Waals surface area contributed by atoms with Gasteiger partial charge in [-0.2, -0.15) is 0 Å². The fourth-order valence-corrected chi connectivity index (χ4v) is 4.43. The van der Waals surface area contributed by atoms with Crippen molar-refractivity contribution in [1.29, 1.82) is 0 Å². The highest BCUT2D eigenvalue weighted by molar-refractivity contribution is 7.91. The van der Waals surface area contributed by atoms with Crippen LogP contribution in [-0.2, 0) is 21.2 Å². The lowest BCUT2D eigenvalue weighted by molar-refractivity contribution is -0.122. The summed E-state index contributed by atoms with van der Waals surface area (Å²) in [5.74, 6) is 0.643. The Morgan fingerprint density at radius 2 is 2.00 bits per heavy atom. The second-order valence-corrected chi connectivity index (χ2v) is 8.31. The quantitative estimate of drug-likeness (QED) is 0.513. The van der Waals surface area contributed by atoms with Gasteiger partial charge in [0.2, 0.25) is 5.91 Å². The Balaban J connectivity index is 1.66. The normalized spacial score (nSPS) is 18.6. The monoisotopic (exact) mass is 371 g/mol. The molecule has 1 heterocycles. The molecule has 1 atom stereocenters. The largest absolute Gasteiger partial charge is 0.497 e. The molecule has 0 radical (unpaired) electrons. The molecule has 3 N–H and O–H groups in total. The number of carbonyl (C=O) groups excluding carboxylic acids is 1. The van der Waals surface area contributed by atoms with E-state index in [0.29, 0.717) is 18.1 Å². The zero-order valence-electron chi connectivity index (χ0n) is 13.4. The Kier molecular flexibility index (Phi) is 6.38. The summed E-state index contributed by atoms with van der Waals surface area (Å²) in [6.45, 7) is 0.507. The average Bonchev–Trinajstić information content (AvgIpc) is 2.90. The van der Waals surface area contributed by atoms with E-state index in [0.717, 1.165) is 11.3 Å². The van der Waals surface area contributed by atoms with Gasteiger partial charge in [-0.25, -0.2) is 8.42 Å². The van der Waals surface area contributed by atoms with Crippen molar-refractivity contribution in [2.24, 2.45) is 5.92 Å². The van der Waals surface area contributed by atoms with Crippen LogP contribution >= 0.6 is 12.2 Å². The second-order valence-electron chi connectivity index (χ2n) is 5.68. The van der Waals surface area contributed by atoms with E-state index >= 15 is 0 Å². The van der Waals surface area contributed by atoms with E-state index < -0.39 is 9.84 Å².